The van der Waals surface area contributed by atoms with Crippen molar-refractivity contribution >= 4 is 15.9 Å². The van der Waals surface area contributed by atoms with Gasteiger partial charge in [-0.25, -0.2) is 8.42 Å². The van der Waals surface area contributed by atoms with Gasteiger partial charge in [-0.2, -0.15) is 4.31 Å². The van der Waals surface area contributed by atoms with Gasteiger partial charge in [0.25, 0.3) is 0 Å². The summed E-state index contributed by atoms with van der Waals surface area (Å²) in [5.41, 5.74) is 1.35. The zero-order valence-electron chi connectivity index (χ0n) is 22.2. The monoisotopic (exact) mass is 522 g/mol. The molecule has 0 N–H and O–H groups in total. The van der Waals surface area contributed by atoms with Crippen LogP contribution in [0.4, 0.5) is 0 Å². The third-order valence-electron chi connectivity index (χ3n) is 7.74. The van der Waals surface area contributed by atoms with Gasteiger partial charge in [0, 0.05) is 44.8 Å². The number of hydrogen-bond acceptors (Lipinski definition) is 7. The number of carbonyl (C=O) groups is 1. The number of piperazine rings is 1. The van der Waals surface area contributed by atoms with Crippen molar-refractivity contribution in [2.45, 2.75) is 56.5 Å². The van der Waals surface area contributed by atoms with Crippen LogP contribution in [0.25, 0.3) is 0 Å². The molecule has 4 rings (SSSR count). The normalized spacial score (nSPS) is 20.8. The van der Waals surface area contributed by atoms with E-state index in [9.17, 15) is 13.2 Å². The fraction of sp³-hybridized carbons (Fsp3) is 0.731. The fourth-order valence-electron chi connectivity index (χ4n) is 5.52. The van der Waals surface area contributed by atoms with Crippen molar-refractivity contribution in [2.75, 3.05) is 73.2 Å². The average Bonchev–Trinajstić information content (AvgIpc) is 3.68. The number of sulfonamides is 1. The van der Waals surface area contributed by atoms with Gasteiger partial charge >= 0.3 is 0 Å². The number of piperidine rings is 1. The lowest BCUT2D eigenvalue weighted by atomic mass is 10.0. The Morgan fingerprint density at radius 2 is 1.61 bits per heavy atom. The van der Waals surface area contributed by atoms with Gasteiger partial charge < -0.3 is 19.3 Å². The predicted octanol–water partition coefficient (Wildman–Crippen LogP) is 1.72. The summed E-state index contributed by atoms with van der Waals surface area (Å²) in [7, 11) is 0.0785. The van der Waals surface area contributed by atoms with Crippen molar-refractivity contribution in [1.29, 1.82) is 0 Å². The minimum Gasteiger partial charge on any atom is -0.497 e. The summed E-state index contributed by atoms with van der Waals surface area (Å²) in [4.78, 5) is 19.8. The summed E-state index contributed by atoms with van der Waals surface area (Å²) in [6, 6.07) is 4.14. The van der Waals surface area contributed by atoms with Gasteiger partial charge in [-0.1, -0.05) is 0 Å². The number of aryl methyl sites for hydroxylation is 2. The third-order valence-corrected chi connectivity index (χ3v) is 10.0. The topological polar surface area (TPSA) is 82.6 Å². The second kappa shape index (κ2) is 11.8. The first kappa shape index (κ1) is 27.3. The second-order valence-corrected chi connectivity index (χ2v) is 12.3. The van der Waals surface area contributed by atoms with Crippen molar-refractivity contribution in [3.63, 3.8) is 0 Å². The molecular formula is C26H42N4O5S. The number of benzene rings is 1. The van der Waals surface area contributed by atoms with Crippen molar-refractivity contribution in [2.24, 2.45) is 0 Å². The molecule has 0 radical (unpaired) electrons. The molecule has 9 nitrogen and oxygen atoms in total. The predicted molar refractivity (Wildman–Crippen MR) is 139 cm³/mol. The van der Waals surface area contributed by atoms with Crippen LogP contribution in [0, 0.1) is 13.8 Å². The highest BCUT2D eigenvalue weighted by Gasteiger charge is 2.39. The van der Waals surface area contributed by atoms with Gasteiger partial charge in [-0.15, -0.1) is 0 Å². The summed E-state index contributed by atoms with van der Waals surface area (Å²) in [6.45, 7) is 9.60. The Morgan fingerprint density at radius 3 is 2.17 bits per heavy atom. The van der Waals surface area contributed by atoms with Crippen LogP contribution in [0.2, 0.25) is 0 Å². The number of methoxy groups -OCH3 is 1. The lowest BCUT2D eigenvalue weighted by Gasteiger charge is -2.42. The van der Waals surface area contributed by atoms with E-state index in [-0.39, 0.29) is 31.7 Å². The zero-order valence-corrected chi connectivity index (χ0v) is 23.1. The zero-order chi connectivity index (χ0) is 25.9. The first-order valence-electron chi connectivity index (χ1n) is 13.2. The Balaban J connectivity index is 1.25. The Bertz CT molecular complexity index is 990. The summed E-state index contributed by atoms with van der Waals surface area (Å²) >= 11 is 0. The van der Waals surface area contributed by atoms with Crippen LogP contribution in [0.3, 0.4) is 0 Å². The van der Waals surface area contributed by atoms with E-state index in [2.05, 4.69) is 16.8 Å². The molecule has 202 valence electrons. The van der Waals surface area contributed by atoms with Crippen LogP contribution < -0.4 is 4.74 Å². The molecule has 2 saturated heterocycles. The van der Waals surface area contributed by atoms with Crippen LogP contribution in [-0.4, -0.2) is 119 Å². The number of hydrogen-bond donors (Lipinski definition) is 0. The van der Waals surface area contributed by atoms with E-state index in [1.807, 2.05) is 4.90 Å². The molecule has 0 spiro atoms. The summed E-state index contributed by atoms with van der Waals surface area (Å²) in [5.74, 6) is 0.636. The quantitative estimate of drug-likeness (QED) is 0.433. The van der Waals surface area contributed by atoms with E-state index in [1.54, 1.807) is 37.4 Å². The van der Waals surface area contributed by atoms with E-state index in [4.69, 9.17) is 9.47 Å². The van der Waals surface area contributed by atoms with Gasteiger partial charge in [0.15, 0.2) is 0 Å². The maximum atomic E-state index is 13.6. The van der Waals surface area contributed by atoms with Crippen LogP contribution in [0.5, 0.6) is 5.75 Å². The lowest BCUT2D eigenvalue weighted by molar-refractivity contribution is -0.138. The van der Waals surface area contributed by atoms with Crippen molar-refractivity contribution in [3.8, 4) is 5.75 Å². The van der Waals surface area contributed by atoms with Gasteiger partial charge in [0.1, 0.15) is 12.4 Å². The SMILES string of the molecule is COc1cc(C)c(S(=O)(=O)N(CCOCC(=O)N2CCN(C3CCN(C)CC3)CC2)C2CC2)c(C)c1. The third kappa shape index (κ3) is 6.39. The van der Waals surface area contributed by atoms with Gasteiger partial charge in [-0.3, -0.25) is 9.69 Å². The molecule has 0 aromatic heterocycles. The molecular weight excluding hydrogens is 480 g/mol. The molecule has 0 unspecified atom stereocenters. The van der Waals surface area contributed by atoms with Crippen LogP contribution >= 0.6 is 0 Å². The lowest BCUT2D eigenvalue weighted by Crippen LogP contribution is -2.54. The van der Waals surface area contributed by atoms with Crippen molar-refractivity contribution < 1.29 is 22.7 Å². The van der Waals surface area contributed by atoms with E-state index in [0.717, 1.165) is 52.1 Å². The molecule has 1 aromatic carbocycles. The Kier molecular flexibility index (Phi) is 8.93. The van der Waals surface area contributed by atoms with Gasteiger partial charge in [-0.05, 0) is 82.9 Å². The average molecular weight is 523 g/mol. The van der Waals surface area contributed by atoms with E-state index >= 15 is 0 Å². The van der Waals surface area contributed by atoms with Gasteiger partial charge in [0.2, 0.25) is 15.9 Å². The number of carbonyl (C=O) groups excluding carboxylic acids is 1. The molecule has 36 heavy (non-hydrogen) atoms. The molecule has 3 aliphatic rings. The maximum absolute atomic E-state index is 13.6. The second-order valence-electron chi connectivity index (χ2n) is 10.4. The number of ether oxygens (including phenoxy) is 2. The fourth-order valence-corrected chi connectivity index (χ4v) is 7.60. The molecule has 2 aliphatic heterocycles. The minimum absolute atomic E-state index is 0.00264. The molecule has 1 amide bonds. The highest BCUT2D eigenvalue weighted by molar-refractivity contribution is 7.89. The van der Waals surface area contributed by atoms with Crippen molar-refractivity contribution in [3.05, 3.63) is 23.3 Å². The summed E-state index contributed by atoms with van der Waals surface area (Å²) in [6.07, 6.45) is 4.11. The molecule has 3 fully saturated rings. The largest absolute Gasteiger partial charge is 0.497 e. The highest BCUT2D eigenvalue weighted by Crippen LogP contribution is 2.35. The van der Waals surface area contributed by atoms with Crippen molar-refractivity contribution in [1.82, 2.24) is 19.0 Å². The Labute approximate surface area is 216 Å². The molecule has 1 saturated carbocycles. The molecule has 2 heterocycles. The summed E-state index contributed by atoms with van der Waals surface area (Å²) in [5, 5.41) is 0. The standard InChI is InChI=1S/C26H42N4O5S/c1-20-17-24(34-4)18-21(2)26(20)36(32,33)30(23-5-6-23)15-16-35-19-25(31)29-13-11-28(12-14-29)22-7-9-27(3)10-8-22/h17-18,22-23H,5-16,19H2,1-4H3. The van der Waals surface area contributed by atoms with Gasteiger partial charge in [0.05, 0.1) is 18.6 Å². The first-order valence-corrected chi connectivity index (χ1v) is 14.6. The number of rotatable bonds is 10. The first-order chi connectivity index (χ1) is 17.2. The molecule has 10 heteroatoms. The highest BCUT2D eigenvalue weighted by atomic mass is 32.2. The number of amides is 1. The molecule has 0 bridgehead atoms. The Morgan fingerprint density at radius 1 is 1.00 bits per heavy atom. The van der Waals surface area contributed by atoms with Crippen LogP contribution in [0.1, 0.15) is 36.8 Å². The van der Waals surface area contributed by atoms with Crippen LogP contribution in [-0.2, 0) is 19.6 Å². The molecule has 1 aromatic rings. The van der Waals surface area contributed by atoms with E-state index < -0.39 is 10.0 Å². The van der Waals surface area contributed by atoms with E-state index in [1.165, 1.54) is 12.8 Å². The van der Waals surface area contributed by atoms with E-state index in [0.29, 0.717) is 27.8 Å². The minimum atomic E-state index is -3.67. The number of nitrogens with zero attached hydrogens (tertiary/aromatic N) is 4. The Hall–Kier alpha value is -1.72. The molecule has 0 atom stereocenters. The summed E-state index contributed by atoms with van der Waals surface area (Å²) < 4.78 is 39.7. The van der Waals surface area contributed by atoms with Crippen LogP contribution in [0.15, 0.2) is 17.0 Å². The number of likely N-dealkylation sites (tertiary alicyclic amines) is 1. The maximum Gasteiger partial charge on any atom is 0.248 e. The smallest absolute Gasteiger partial charge is 0.248 e. The molecule has 1 aliphatic carbocycles.